The molecular formula is C12H6BrClN2S. The van der Waals surface area contributed by atoms with E-state index >= 15 is 0 Å². The summed E-state index contributed by atoms with van der Waals surface area (Å²) < 4.78 is 0.893. The Morgan fingerprint density at radius 2 is 2.29 bits per heavy atom. The molecule has 0 spiro atoms. The van der Waals surface area contributed by atoms with Crippen molar-refractivity contribution in [3.63, 3.8) is 0 Å². The van der Waals surface area contributed by atoms with Crippen LogP contribution in [0.2, 0.25) is 0 Å². The molecule has 2 rings (SSSR count). The van der Waals surface area contributed by atoms with E-state index in [4.69, 9.17) is 11.6 Å². The highest BCUT2D eigenvalue weighted by molar-refractivity contribution is 9.10. The average molecular weight is 326 g/mol. The zero-order valence-electron chi connectivity index (χ0n) is 8.52. The van der Waals surface area contributed by atoms with E-state index in [0.717, 1.165) is 14.9 Å². The van der Waals surface area contributed by atoms with Gasteiger partial charge in [-0.25, -0.2) is 0 Å². The summed E-state index contributed by atoms with van der Waals surface area (Å²) in [6.07, 6.45) is 3.29. The summed E-state index contributed by atoms with van der Waals surface area (Å²) in [5.74, 6) is 0. The van der Waals surface area contributed by atoms with Gasteiger partial charge in [-0.05, 0) is 33.4 Å². The lowest BCUT2D eigenvalue weighted by atomic mass is 10.1. The third-order valence-corrected chi connectivity index (χ3v) is 4.44. The first-order valence-corrected chi connectivity index (χ1v) is 6.72. The molecule has 2 aromatic heterocycles. The van der Waals surface area contributed by atoms with Crippen molar-refractivity contribution in [1.29, 1.82) is 5.26 Å². The molecule has 0 fully saturated rings. The van der Waals surface area contributed by atoms with E-state index in [1.165, 1.54) is 11.3 Å². The summed E-state index contributed by atoms with van der Waals surface area (Å²) in [7, 11) is 0. The molecule has 0 aliphatic rings. The van der Waals surface area contributed by atoms with Crippen molar-refractivity contribution in [2.75, 3.05) is 0 Å². The number of thiophene rings is 1. The van der Waals surface area contributed by atoms with Gasteiger partial charge in [0, 0.05) is 22.4 Å². The molecule has 0 radical (unpaired) electrons. The number of aromatic nitrogens is 1. The Morgan fingerprint density at radius 3 is 2.82 bits per heavy atom. The third-order valence-electron chi connectivity index (χ3n) is 2.10. The van der Waals surface area contributed by atoms with Crippen LogP contribution in [0, 0.1) is 11.3 Å². The van der Waals surface area contributed by atoms with Gasteiger partial charge in [-0.15, -0.1) is 11.3 Å². The highest BCUT2D eigenvalue weighted by atomic mass is 79.9. The molecule has 2 aromatic rings. The molecule has 0 bridgehead atoms. The predicted molar refractivity (Wildman–Crippen MR) is 74.5 cm³/mol. The van der Waals surface area contributed by atoms with Gasteiger partial charge < -0.3 is 0 Å². The maximum Gasteiger partial charge on any atom is 0.101 e. The van der Waals surface area contributed by atoms with Crippen LogP contribution in [0.5, 0.6) is 0 Å². The van der Waals surface area contributed by atoms with Crippen molar-refractivity contribution >= 4 is 49.5 Å². The normalized spacial score (nSPS) is 11.8. The van der Waals surface area contributed by atoms with Gasteiger partial charge in [0.05, 0.1) is 15.5 Å². The van der Waals surface area contributed by atoms with Gasteiger partial charge in [0.25, 0.3) is 0 Å². The first-order valence-electron chi connectivity index (χ1n) is 4.67. The molecule has 0 aliphatic carbocycles. The minimum absolute atomic E-state index is 0.433. The number of halogens is 2. The monoisotopic (exact) mass is 324 g/mol. The first-order chi connectivity index (χ1) is 8.24. The summed E-state index contributed by atoms with van der Waals surface area (Å²) in [5.41, 5.74) is 1.16. The SMILES string of the molecule is N#C/C(=C(/Cl)c1sccc1Br)c1cccnc1. The van der Waals surface area contributed by atoms with Gasteiger partial charge in [0.2, 0.25) is 0 Å². The minimum atomic E-state index is 0.433. The summed E-state index contributed by atoms with van der Waals surface area (Å²) in [6, 6.07) is 7.62. The standard InChI is InChI=1S/C12H6BrClN2S/c13-10-3-5-17-12(10)11(14)9(6-15)8-2-1-4-16-7-8/h1-5,7H/b11-9-. The molecule has 0 amide bonds. The Labute approximate surface area is 116 Å². The quantitative estimate of drug-likeness (QED) is 0.760. The average Bonchev–Trinajstić information content (AvgIpc) is 2.77. The molecule has 0 saturated heterocycles. The van der Waals surface area contributed by atoms with Gasteiger partial charge in [0.15, 0.2) is 0 Å². The molecule has 0 atom stereocenters. The molecule has 0 N–H and O–H groups in total. The van der Waals surface area contributed by atoms with Crippen LogP contribution in [0.4, 0.5) is 0 Å². The van der Waals surface area contributed by atoms with E-state index < -0.39 is 0 Å². The lowest BCUT2D eigenvalue weighted by Crippen LogP contribution is -1.85. The Hall–Kier alpha value is -1.15. The van der Waals surface area contributed by atoms with Crippen LogP contribution in [0.1, 0.15) is 10.4 Å². The zero-order valence-corrected chi connectivity index (χ0v) is 11.7. The van der Waals surface area contributed by atoms with Crippen molar-refractivity contribution in [3.05, 3.63) is 50.9 Å². The number of hydrogen-bond donors (Lipinski definition) is 0. The van der Waals surface area contributed by atoms with Crippen molar-refractivity contribution in [2.24, 2.45) is 0 Å². The second kappa shape index (κ2) is 5.46. The van der Waals surface area contributed by atoms with E-state index in [-0.39, 0.29) is 0 Å². The van der Waals surface area contributed by atoms with E-state index in [1.54, 1.807) is 18.5 Å². The fourth-order valence-electron chi connectivity index (χ4n) is 1.31. The molecular weight excluding hydrogens is 320 g/mol. The molecule has 0 aliphatic heterocycles. The van der Waals surface area contributed by atoms with E-state index in [9.17, 15) is 5.26 Å². The van der Waals surface area contributed by atoms with E-state index in [1.807, 2.05) is 17.5 Å². The number of nitriles is 1. The molecule has 84 valence electrons. The topological polar surface area (TPSA) is 36.7 Å². The van der Waals surface area contributed by atoms with Crippen LogP contribution >= 0.6 is 38.9 Å². The van der Waals surface area contributed by atoms with Crippen LogP contribution in [-0.4, -0.2) is 4.98 Å². The fourth-order valence-corrected chi connectivity index (χ4v) is 3.33. The highest BCUT2D eigenvalue weighted by Crippen LogP contribution is 2.36. The van der Waals surface area contributed by atoms with E-state index in [2.05, 4.69) is 27.0 Å². The van der Waals surface area contributed by atoms with Crippen LogP contribution in [0.3, 0.4) is 0 Å². The molecule has 2 heterocycles. The number of pyridine rings is 1. The van der Waals surface area contributed by atoms with Gasteiger partial charge in [-0.2, -0.15) is 5.26 Å². The second-order valence-corrected chi connectivity index (χ2v) is 5.29. The summed E-state index contributed by atoms with van der Waals surface area (Å²) >= 11 is 11.2. The van der Waals surface area contributed by atoms with Gasteiger partial charge >= 0.3 is 0 Å². The molecule has 0 unspecified atom stereocenters. The number of hydrogen-bond acceptors (Lipinski definition) is 3. The summed E-state index contributed by atoms with van der Waals surface area (Å²) in [6.45, 7) is 0. The Balaban J connectivity index is 2.57. The molecule has 17 heavy (non-hydrogen) atoms. The number of allylic oxidation sites excluding steroid dienone is 1. The van der Waals surface area contributed by atoms with Crippen LogP contribution in [0.25, 0.3) is 10.6 Å². The first kappa shape index (κ1) is 12.3. The Kier molecular flexibility index (Phi) is 3.95. The molecule has 0 aromatic carbocycles. The third kappa shape index (κ3) is 2.58. The molecule has 2 nitrogen and oxygen atoms in total. The van der Waals surface area contributed by atoms with Crippen molar-refractivity contribution in [3.8, 4) is 6.07 Å². The second-order valence-electron chi connectivity index (χ2n) is 3.14. The van der Waals surface area contributed by atoms with E-state index in [0.29, 0.717) is 10.6 Å². The van der Waals surface area contributed by atoms with Crippen molar-refractivity contribution < 1.29 is 0 Å². The Bertz CT molecular complexity index is 598. The highest BCUT2D eigenvalue weighted by Gasteiger charge is 2.13. The minimum Gasteiger partial charge on any atom is -0.264 e. The van der Waals surface area contributed by atoms with Crippen LogP contribution in [-0.2, 0) is 0 Å². The van der Waals surface area contributed by atoms with Crippen molar-refractivity contribution in [2.45, 2.75) is 0 Å². The van der Waals surface area contributed by atoms with Crippen LogP contribution < -0.4 is 0 Å². The summed E-state index contributed by atoms with van der Waals surface area (Å²) in [4.78, 5) is 4.84. The lowest BCUT2D eigenvalue weighted by Gasteiger charge is -2.02. The van der Waals surface area contributed by atoms with Crippen molar-refractivity contribution in [1.82, 2.24) is 4.98 Å². The summed E-state index contributed by atoms with van der Waals surface area (Å²) in [5, 5.41) is 11.6. The molecule has 5 heteroatoms. The predicted octanol–water partition coefficient (Wildman–Crippen LogP) is 4.54. The zero-order chi connectivity index (χ0) is 12.3. The van der Waals surface area contributed by atoms with Gasteiger partial charge in [-0.1, -0.05) is 17.7 Å². The number of nitrogens with zero attached hydrogens (tertiary/aromatic N) is 2. The number of rotatable bonds is 2. The largest absolute Gasteiger partial charge is 0.264 e. The molecule has 0 saturated carbocycles. The maximum atomic E-state index is 9.21. The Morgan fingerprint density at radius 1 is 1.47 bits per heavy atom. The lowest BCUT2D eigenvalue weighted by molar-refractivity contribution is 1.31. The smallest absolute Gasteiger partial charge is 0.101 e. The van der Waals surface area contributed by atoms with Gasteiger partial charge in [-0.3, -0.25) is 4.98 Å². The van der Waals surface area contributed by atoms with Gasteiger partial charge in [0.1, 0.15) is 6.07 Å². The fraction of sp³-hybridized carbons (Fsp3) is 0. The van der Waals surface area contributed by atoms with Crippen LogP contribution in [0.15, 0.2) is 40.4 Å². The maximum absolute atomic E-state index is 9.21.